The highest BCUT2D eigenvalue weighted by Crippen LogP contribution is 1.67. The van der Waals surface area contributed by atoms with Gasteiger partial charge in [0.2, 0.25) is 0 Å². The van der Waals surface area contributed by atoms with Crippen molar-refractivity contribution in [1.82, 2.24) is 0 Å². The highest BCUT2D eigenvalue weighted by molar-refractivity contribution is 6.46. The number of rotatable bonds is 0. The van der Waals surface area contributed by atoms with Crippen LogP contribution in [-0.2, 0) is 0 Å². The van der Waals surface area contributed by atoms with Crippen LogP contribution >= 0.6 is 0 Å². The molecule has 6 N–H and O–H groups in total. The van der Waals surface area contributed by atoms with Crippen molar-refractivity contribution in [3.05, 3.63) is 0 Å². The van der Waals surface area contributed by atoms with E-state index in [0.717, 1.165) is 0 Å². The summed E-state index contributed by atoms with van der Waals surface area (Å²) in [5, 5.41) is 0. The molecule has 6 heteroatoms. The molecule has 0 spiro atoms. The van der Waals surface area contributed by atoms with Gasteiger partial charge in [0.25, 0.3) is 0 Å². The first-order valence-corrected chi connectivity index (χ1v) is 2.68. The maximum absolute atomic E-state index is 7.33. The molecule has 0 fully saturated rings. The summed E-state index contributed by atoms with van der Waals surface area (Å²) < 4.78 is 0. The van der Waals surface area contributed by atoms with E-state index in [1.54, 1.807) is 0 Å². The Hall–Kier alpha value is 0.0169. The Morgan fingerprint density at radius 2 is 0.833 bits per heavy atom. The van der Waals surface area contributed by atoms with Gasteiger partial charge in [-0.3, -0.25) is 0 Å². The van der Waals surface area contributed by atoms with Crippen molar-refractivity contribution in [2.75, 3.05) is 0 Å². The Kier molecular flexibility index (Phi) is 3.50. The SMILES string of the molecule is O.O[Si](O)(O)O. The highest BCUT2D eigenvalue weighted by atomic mass is 28.4. The van der Waals surface area contributed by atoms with Crippen molar-refractivity contribution >= 4 is 9.05 Å². The molecule has 0 radical (unpaired) electrons. The number of hydrogen-bond acceptors (Lipinski definition) is 4. The Bertz CT molecular complexity index is 19.4. The fourth-order valence-electron chi connectivity index (χ4n) is 0. The fourth-order valence-corrected chi connectivity index (χ4v) is 0. The van der Waals surface area contributed by atoms with Crippen molar-refractivity contribution in [3.63, 3.8) is 0 Å². The van der Waals surface area contributed by atoms with Crippen LogP contribution in [0.3, 0.4) is 0 Å². The molecular weight excluding hydrogens is 108 g/mol. The van der Waals surface area contributed by atoms with Gasteiger partial charge in [-0.05, 0) is 0 Å². The van der Waals surface area contributed by atoms with Crippen molar-refractivity contribution in [2.24, 2.45) is 0 Å². The summed E-state index contributed by atoms with van der Waals surface area (Å²) in [6.45, 7) is 0. The van der Waals surface area contributed by atoms with Gasteiger partial charge in [-0.1, -0.05) is 0 Å². The Labute approximate surface area is 34.9 Å². The molecule has 0 aliphatic heterocycles. The van der Waals surface area contributed by atoms with E-state index in [9.17, 15) is 0 Å². The average molecular weight is 114 g/mol. The van der Waals surface area contributed by atoms with E-state index >= 15 is 0 Å². The highest BCUT2D eigenvalue weighted by Gasteiger charge is 2.22. The quantitative estimate of drug-likeness (QED) is 0.245. The third-order valence-corrected chi connectivity index (χ3v) is 0. The minimum absolute atomic E-state index is 0. The second-order valence-corrected chi connectivity index (χ2v) is 1.80. The summed E-state index contributed by atoms with van der Waals surface area (Å²) in [5.41, 5.74) is 0. The van der Waals surface area contributed by atoms with Crippen molar-refractivity contribution in [1.29, 1.82) is 0 Å². The van der Waals surface area contributed by atoms with E-state index in [1.165, 1.54) is 0 Å². The summed E-state index contributed by atoms with van der Waals surface area (Å²) in [5.74, 6) is 0. The van der Waals surface area contributed by atoms with E-state index in [1.807, 2.05) is 0 Å². The largest absolute Gasteiger partial charge is 0.668 e. The molecule has 0 bridgehead atoms. The minimum atomic E-state index is -4.61. The van der Waals surface area contributed by atoms with E-state index in [0.29, 0.717) is 0 Å². The fraction of sp³-hybridized carbons (Fsp3) is 0. The molecule has 0 saturated heterocycles. The molecule has 5 nitrogen and oxygen atoms in total. The first kappa shape index (κ1) is 9.39. The summed E-state index contributed by atoms with van der Waals surface area (Å²) in [4.78, 5) is 29.3. The summed E-state index contributed by atoms with van der Waals surface area (Å²) in [6, 6.07) is 0. The van der Waals surface area contributed by atoms with Crippen LogP contribution < -0.4 is 0 Å². The second-order valence-electron chi connectivity index (χ2n) is 0.600. The monoisotopic (exact) mass is 114 g/mol. The van der Waals surface area contributed by atoms with Gasteiger partial charge in [0, 0.05) is 0 Å². The van der Waals surface area contributed by atoms with Crippen LogP contribution in [0.2, 0.25) is 0 Å². The van der Waals surface area contributed by atoms with E-state index < -0.39 is 9.05 Å². The molecule has 0 amide bonds. The van der Waals surface area contributed by atoms with Gasteiger partial charge in [0.05, 0.1) is 0 Å². The van der Waals surface area contributed by atoms with Crippen LogP contribution in [0.4, 0.5) is 0 Å². The van der Waals surface area contributed by atoms with E-state index in [4.69, 9.17) is 19.2 Å². The van der Waals surface area contributed by atoms with Crippen LogP contribution in [0, 0.1) is 0 Å². The summed E-state index contributed by atoms with van der Waals surface area (Å²) in [7, 11) is -4.61. The van der Waals surface area contributed by atoms with Gasteiger partial charge >= 0.3 is 9.05 Å². The van der Waals surface area contributed by atoms with Crippen LogP contribution in [0.1, 0.15) is 0 Å². The Balaban J connectivity index is 0. The van der Waals surface area contributed by atoms with Gasteiger partial charge in [0.15, 0.2) is 0 Å². The normalized spacial score (nSPS) is 10.0. The molecule has 0 unspecified atom stereocenters. The molecule has 0 aromatic heterocycles. The van der Waals surface area contributed by atoms with Crippen molar-refractivity contribution < 1.29 is 24.7 Å². The number of hydrogen-bond donors (Lipinski definition) is 4. The van der Waals surface area contributed by atoms with Gasteiger partial charge < -0.3 is 24.7 Å². The first-order chi connectivity index (χ1) is 2.00. The third-order valence-electron chi connectivity index (χ3n) is 0. The summed E-state index contributed by atoms with van der Waals surface area (Å²) in [6.07, 6.45) is 0. The maximum Gasteiger partial charge on any atom is 0.668 e. The van der Waals surface area contributed by atoms with Crippen molar-refractivity contribution in [2.45, 2.75) is 0 Å². The lowest BCUT2D eigenvalue weighted by Gasteiger charge is -1.91. The van der Waals surface area contributed by atoms with Gasteiger partial charge in [-0.25, -0.2) is 0 Å². The predicted molar refractivity (Wildman–Crippen MR) is 18.2 cm³/mol. The summed E-state index contributed by atoms with van der Waals surface area (Å²) >= 11 is 0. The van der Waals surface area contributed by atoms with Gasteiger partial charge in [-0.2, -0.15) is 0 Å². The van der Waals surface area contributed by atoms with Crippen LogP contribution in [0.15, 0.2) is 0 Å². The van der Waals surface area contributed by atoms with Gasteiger partial charge in [-0.15, -0.1) is 0 Å². The Morgan fingerprint density at radius 1 is 0.833 bits per heavy atom. The molecule has 0 aromatic carbocycles. The molecular formula is H6O5Si. The molecule has 0 heterocycles. The Morgan fingerprint density at radius 3 is 0.833 bits per heavy atom. The molecule has 0 aliphatic rings. The third kappa shape index (κ3) is 128000. The minimum Gasteiger partial charge on any atom is -0.412 e. The molecule has 0 saturated carbocycles. The molecule has 6 heavy (non-hydrogen) atoms. The van der Waals surface area contributed by atoms with Gasteiger partial charge in [0.1, 0.15) is 0 Å². The first-order valence-electron chi connectivity index (χ1n) is 0.894. The zero-order chi connectivity index (χ0) is 4.50. The van der Waals surface area contributed by atoms with Crippen molar-refractivity contribution in [3.8, 4) is 0 Å². The van der Waals surface area contributed by atoms with Crippen LogP contribution in [0.25, 0.3) is 0 Å². The second kappa shape index (κ2) is 2.24. The lowest BCUT2D eigenvalue weighted by atomic mass is 15.7. The molecule has 0 aromatic rings. The molecule has 0 atom stereocenters. The van der Waals surface area contributed by atoms with E-state index in [-0.39, 0.29) is 5.48 Å². The lowest BCUT2D eigenvalue weighted by Crippen LogP contribution is -2.33. The smallest absolute Gasteiger partial charge is 0.412 e. The van der Waals surface area contributed by atoms with Crippen LogP contribution in [-0.4, -0.2) is 33.7 Å². The lowest BCUT2D eigenvalue weighted by molar-refractivity contribution is 0.117. The van der Waals surface area contributed by atoms with Crippen LogP contribution in [0.5, 0.6) is 0 Å². The zero-order valence-electron chi connectivity index (χ0n) is 2.79. The molecule has 0 aliphatic carbocycles. The predicted octanol–water partition coefficient (Wildman–Crippen LogP) is -3.43. The average Bonchev–Trinajstić information content (AvgIpc) is 0.722. The molecule has 40 valence electrons. The standard InChI is InChI=1S/H4O4Si.H2O/c1-5(2,3)4;/h1-4H;1H2. The maximum atomic E-state index is 7.33. The zero-order valence-corrected chi connectivity index (χ0v) is 3.79. The van der Waals surface area contributed by atoms with E-state index in [2.05, 4.69) is 0 Å². The molecule has 0 rings (SSSR count). The topological polar surface area (TPSA) is 112 Å².